The Bertz CT molecular complexity index is 1330. The summed E-state index contributed by atoms with van der Waals surface area (Å²) >= 11 is 0. The van der Waals surface area contributed by atoms with Gasteiger partial charge in [0.15, 0.2) is 5.42 Å². The molecule has 1 aliphatic carbocycles. The van der Waals surface area contributed by atoms with E-state index in [2.05, 4.69) is 5.32 Å². The Hall–Kier alpha value is -3.75. The highest BCUT2D eigenvalue weighted by Gasteiger charge is 2.32. The second-order valence-electron chi connectivity index (χ2n) is 8.65. The standard InChI is InChI=1S/C26H25F4N3O2/c27-21-13-20(26(28,29)30)8-9-22(21)33-25(34)18-3-1-2-17(12-18)15-4-6-16(7-5-15)23(32)24-19(14-31)10-11-35-24/h4-11,13-14,17-18H,1-3,12,31-32H2,(H,33,34)/b19-14-,24-23+. The van der Waals surface area contributed by atoms with E-state index in [4.69, 9.17) is 15.9 Å². The Morgan fingerprint density at radius 2 is 1.83 bits per heavy atom. The number of nitrogens with two attached hydrogens (primary N) is 2. The van der Waals surface area contributed by atoms with Gasteiger partial charge in [0.05, 0.1) is 23.2 Å². The van der Waals surface area contributed by atoms with E-state index >= 15 is 0 Å². The topological polar surface area (TPSA) is 94.3 Å². The number of amides is 1. The average molecular weight is 487 g/mol. The fourth-order valence-electron chi connectivity index (χ4n) is 4.49. The van der Waals surface area contributed by atoms with Crippen LogP contribution in [0.4, 0.5) is 23.2 Å². The molecule has 1 fully saturated rings. The molecule has 4 rings (SSSR count). The number of benzene rings is 2. The van der Waals surface area contributed by atoms with Crippen LogP contribution in [0.1, 0.15) is 48.3 Å². The molecule has 1 saturated carbocycles. The molecule has 2 atom stereocenters. The zero-order valence-electron chi connectivity index (χ0n) is 18.7. The van der Waals surface area contributed by atoms with E-state index in [1.54, 1.807) is 6.07 Å². The minimum Gasteiger partial charge on any atom is -0.462 e. The molecule has 3 aromatic rings. The van der Waals surface area contributed by atoms with Gasteiger partial charge >= 0.3 is 6.18 Å². The van der Waals surface area contributed by atoms with Crippen molar-refractivity contribution in [3.8, 4) is 0 Å². The third kappa shape index (κ3) is 5.34. The summed E-state index contributed by atoms with van der Waals surface area (Å²) in [5, 5.41) is 3.15. The number of furan rings is 1. The van der Waals surface area contributed by atoms with Crippen LogP contribution in [-0.2, 0) is 11.0 Å². The van der Waals surface area contributed by atoms with Crippen LogP contribution in [0.25, 0.3) is 11.9 Å². The fraction of sp³-hybridized carbons (Fsp3) is 0.269. The van der Waals surface area contributed by atoms with E-state index in [9.17, 15) is 22.4 Å². The smallest absolute Gasteiger partial charge is 0.416 e. The van der Waals surface area contributed by atoms with Crippen molar-refractivity contribution in [1.82, 2.24) is 0 Å². The van der Waals surface area contributed by atoms with Gasteiger partial charge in [0.1, 0.15) is 5.82 Å². The van der Waals surface area contributed by atoms with Gasteiger partial charge in [-0.05, 0) is 55.0 Å². The molecule has 35 heavy (non-hydrogen) atoms. The maximum atomic E-state index is 14.2. The van der Waals surface area contributed by atoms with E-state index in [0.29, 0.717) is 35.2 Å². The molecule has 5 N–H and O–H groups in total. The molecule has 1 aromatic heterocycles. The van der Waals surface area contributed by atoms with Crippen LogP contribution in [0.3, 0.4) is 0 Å². The van der Waals surface area contributed by atoms with Gasteiger partial charge < -0.3 is 21.2 Å². The van der Waals surface area contributed by atoms with Crippen molar-refractivity contribution in [3.05, 3.63) is 87.9 Å². The molecular formula is C26H25F4N3O2. The number of nitrogens with one attached hydrogen (secondary N) is 1. The molecule has 2 aromatic carbocycles. The summed E-state index contributed by atoms with van der Waals surface area (Å²) in [5.41, 5.74) is 13.3. The van der Waals surface area contributed by atoms with Gasteiger partial charge in [0, 0.05) is 22.9 Å². The third-order valence-electron chi connectivity index (χ3n) is 6.41. The molecule has 9 heteroatoms. The summed E-state index contributed by atoms with van der Waals surface area (Å²) in [4.78, 5) is 12.8. The Morgan fingerprint density at radius 3 is 2.49 bits per heavy atom. The number of carbonyl (C=O) groups is 1. The van der Waals surface area contributed by atoms with E-state index in [0.717, 1.165) is 36.1 Å². The summed E-state index contributed by atoms with van der Waals surface area (Å²) in [6.07, 6.45) is 1.15. The lowest BCUT2D eigenvalue weighted by Gasteiger charge is -2.29. The average Bonchev–Trinajstić information content (AvgIpc) is 3.33. The highest BCUT2D eigenvalue weighted by molar-refractivity contribution is 5.92. The molecule has 1 heterocycles. The Labute approximate surface area is 199 Å². The zero-order valence-corrected chi connectivity index (χ0v) is 18.7. The minimum atomic E-state index is -4.65. The SMILES string of the molecule is N/C=c1/cco/c1=C(/N)c1ccc(C2CCCC(C(=O)Nc3ccc(C(F)(F)F)cc3F)C2)cc1. The number of halogens is 4. The van der Waals surface area contributed by atoms with Crippen molar-refractivity contribution in [1.29, 1.82) is 0 Å². The van der Waals surface area contributed by atoms with E-state index in [1.165, 1.54) is 12.5 Å². The van der Waals surface area contributed by atoms with Crippen LogP contribution >= 0.6 is 0 Å². The summed E-state index contributed by atoms with van der Waals surface area (Å²) in [6, 6.07) is 11.5. The van der Waals surface area contributed by atoms with Crippen molar-refractivity contribution >= 4 is 23.5 Å². The van der Waals surface area contributed by atoms with Gasteiger partial charge in [0.2, 0.25) is 5.91 Å². The normalized spacial score (nSPS) is 19.9. The Balaban J connectivity index is 1.46. The van der Waals surface area contributed by atoms with Gasteiger partial charge in [-0.15, -0.1) is 0 Å². The molecule has 5 nitrogen and oxygen atoms in total. The molecule has 1 aliphatic rings. The second-order valence-corrected chi connectivity index (χ2v) is 8.65. The minimum absolute atomic E-state index is 0.115. The van der Waals surface area contributed by atoms with Crippen LogP contribution in [0.15, 0.2) is 59.2 Å². The Morgan fingerprint density at radius 1 is 1.09 bits per heavy atom. The molecule has 0 spiro atoms. The molecular weight excluding hydrogens is 462 g/mol. The van der Waals surface area contributed by atoms with Gasteiger partial charge in [-0.25, -0.2) is 4.39 Å². The highest BCUT2D eigenvalue weighted by Crippen LogP contribution is 2.37. The lowest BCUT2D eigenvalue weighted by atomic mass is 9.77. The maximum Gasteiger partial charge on any atom is 0.416 e. The molecule has 0 radical (unpaired) electrons. The first-order valence-corrected chi connectivity index (χ1v) is 11.2. The fourth-order valence-corrected chi connectivity index (χ4v) is 4.49. The molecule has 1 amide bonds. The van der Waals surface area contributed by atoms with Crippen LogP contribution < -0.4 is 27.4 Å². The lowest BCUT2D eigenvalue weighted by molar-refractivity contribution is -0.137. The largest absolute Gasteiger partial charge is 0.462 e. The first kappa shape index (κ1) is 24.4. The molecule has 0 bridgehead atoms. The van der Waals surface area contributed by atoms with Crippen molar-refractivity contribution in [2.75, 3.05) is 5.32 Å². The molecule has 2 unspecified atom stereocenters. The van der Waals surface area contributed by atoms with Crippen molar-refractivity contribution in [2.45, 2.75) is 37.8 Å². The monoisotopic (exact) mass is 487 g/mol. The third-order valence-corrected chi connectivity index (χ3v) is 6.41. The molecule has 184 valence electrons. The highest BCUT2D eigenvalue weighted by atomic mass is 19.4. The number of alkyl halides is 3. The molecule has 0 saturated heterocycles. The van der Waals surface area contributed by atoms with Crippen molar-refractivity contribution in [2.24, 2.45) is 17.4 Å². The van der Waals surface area contributed by atoms with E-state index in [1.807, 2.05) is 24.3 Å². The van der Waals surface area contributed by atoms with Crippen LogP contribution in [0.5, 0.6) is 0 Å². The first-order chi connectivity index (χ1) is 16.7. The predicted octanol–water partition coefficient (Wildman–Crippen LogP) is 4.16. The molecule has 0 aliphatic heterocycles. The van der Waals surface area contributed by atoms with Crippen LogP contribution in [0.2, 0.25) is 0 Å². The van der Waals surface area contributed by atoms with Crippen molar-refractivity contribution < 1.29 is 26.8 Å². The zero-order chi connectivity index (χ0) is 25.2. The van der Waals surface area contributed by atoms with Gasteiger partial charge in [-0.1, -0.05) is 30.7 Å². The number of hydrogen-bond donors (Lipinski definition) is 3. The maximum absolute atomic E-state index is 14.2. The summed E-state index contributed by atoms with van der Waals surface area (Å²) in [7, 11) is 0. The quantitative estimate of drug-likeness (QED) is 0.482. The van der Waals surface area contributed by atoms with E-state index in [-0.39, 0.29) is 17.5 Å². The van der Waals surface area contributed by atoms with Gasteiger partial charge in [-0.2, -0.15) is 13.2 Å². The predicted molar refractivity (Wildman–Crippen MR) is 124 cm³/mol. The van der Waals surface area contributed by atoms with Gasteiger partial charge in [0.25, 0.3) is 0 Å². The van der Waals surface area contributed by atoms with Gasteiger partial charge in [-0.3, -0.25) is 4.79 Å². The summed E-state index contributed by atoms with van der Waals surface area (Å²) in [5.74, 6) is -1.77. The van der Waals surface area contributed by atoms with Crippen LogP contribution in [-0.4, -0.2) is 5.91 Å². The number of anilines is 1. The number of hydrogen-bond acceptors (Lipinski definition) is 4. The Kier molecular flexibility index (Phi) is 6.86. The number of carbonyl (C=O) groups excluding carboxylic acids is 1. The van der Waals surface area contributed by atoms with Crippen molar-refractivity contribution in [3.63, 3.8) is 0 Å². The summed E-state index contributed by atoms with van der Waals surface area (Å²) < 4.78 is 57.9. The summed E-state index contributed by atoms with van der Waals surface area (Å²) in [6.45, 7) is 0. The van der Waals surface area contributed by atoms with E-state index < -0.39 is 23.5 Å². The second kappa shape index (κ2) is 9.85. The first-order valence-electron chi connectivity index (χ1n) is 11.2. The number of rotatable bonds is 4. The van der Waals surface area contributed by atoms with Crippen LogP contribution in [0, 0.1) is 11.7 Å². The lowest BCUT2D eigenvalue weighted by Crippen LogP contribution is -2.28.